The van der Waals surface area contributed by atoms with E-state index in [2.05, 4.69) is 239 Å². The normalized spacial score (nSPS) is 11.5. The fourth-order valence-electron chi connectivity index (χ4n) is 15.2. The Morgan fingerprint density at radius 1 is 0.336 bits per heavy atom. The second-order valence-electron chi connectivity index (χ2n) is 30.5. The predicted octanol–water partition coefficient (Wildman–Crippen LogP) is 19.7. The lowest BCUT2D eigenvalue weighted by Crippen LogP contribution is -2.11. The molecule has 0 saturated heterocycles. The third-order valence-electron chi connectivity index (χ3n) is 21.6. The van der Waals surface area contributed by atoms with Gasteiger partial charge in [-0.2, -0.15) is 20.4 Å². The summed E-state index contributed by atoms with van der Waals surface area (Å²) in [6.07, 6.45) is 36.3. The van der Waals surface area contributed by atoms with E-state index in [4.69, 9.17) is 25.7 Å². The molecule has 624 valence electrons. The second kappa shape index (κ2) is 33.5. The molecule has 0 aliphatic heterocycles. The van der Waals surface area contributed by atoms with Crippen molar-refractivity contribution in [3.05, 3.63) is 252 Å². The zero-order chi connectivity index (χ0) is 86.6. The number of hydrogen-bond acceptors (Lipinski definition) is 27. The minimum atomic E-state index is 0.603. The van der Waals surface area contributed by atoms with E-state index in [1.165, 1.54) is 19.5 Å². The molecule has 24 aromatic rings. The molecule has 0 spiro atoms. The number of pyridine rings is 12. The van der Waals surface area contributed by atoms with Gasteiger partial charge < -0.3 is 35.9 Å². The zero-order valence-corrected chi connectivity index (χ0v) is 72.6. The standard InChI is InChI=1S/C25H22N8S.C24H20N8S.C22H16N8S.C22H15N7S/c1-3-26-8-15-6-16(10-27-9-15)17-7-18-23(32-33-24(18)29-11-17)25-30-20-13-28-12-19(22(20)31-25)21-5-4-14(2)34-21;1-13-4-5-20(33-13)18-11-26-12-19-21(18)29-24(28-19)22-17-7-15(9-27-23(17)31-30-22)14-6-16(32(2)3)10-25-8-14;1-11-2-3-18(31-11)16-9-25-10-17-19(16)28-22(27-17)20-15-5-13(7-26-21(15)30-29-20)12-4-14(23)8-24-6-12;1-12-4-5-18(30-12)16-10-24-11-17-19(16)27-22(26-17)20-15-7-14(9-25-21(15)29-28-20)13-3-2-6-23-8-13/h4-7,9-13,26H,3,8H2,1-2H3,(H,30,31)(H,29,32,33);4-12H,1-3H3,(H,28,29)(H,27,30,31);2-10H,23H2,1H3,(H,27,28)(H,26,29,30);2-11H,1H3,(H,26,27)(H,25,28,29). The Kier molecular flexibility index (Phi) is 20.7. The van der Waals surface area contributed by atoms with E-state index >= 15 is 0 Å². The van der Waals surface area contributed by atoms with Crippen LogP contribution in [0.5, 0.6) is 0 Å². The summed E-state index contributed by atoms with van der Waals surface area (Å²) in [5.74, 6) is 2.80. The highest BCUT2D eigenvalue weighted by atomic mass is 32.1. The maximum Gasteiger partial charge on any atom is 0.181 e. The van der Waals surface area contributed by atoms with E-state index in [1.54, 1.807) is 94.9 Å². The molecule has 0 saturated carbocycles. The van der Waals surface area contributed by atoms with Crippen LogP contribution in [0.2, 0.25) is 0 Å². The summed E-state index contributed by atoms with van der Waals surface area (Å²) in [5.41, 5.74) is 33.2. The number of imidazole rings is 4. The molecule has 11 N–H and O–H groups in total. The Morgan fingerprint density at radius 2 is 0.664 bits per heavy atom. The Morgan fingerprint density at radius 3 is 1.00 bits per heavy atom. The molecule has 0 bridgehead atoms. The van der Waals surface area contributed by atoms with Gasteiger partial charge in [0.25, 0.3) is 0 Å². The Labute approximate surface area is 742 Å². The van der Waals surface area contributed by atoms with Crippen LogP contribution in [0.1, 0.15) is 32.0 Å². The fraction of sp³-hybridized carbons (Fsp3) is 0.0968. The minimum Gasteiger partial charge on any atom is -0.397 e. The van der Waals surface area contributed by atoms with E-state index in [9.17, 15) is 0 Å². The van der Waals surface area contributed by atoms with Crippen molar-refractivity contribution < 1.29 is 0 Å². The molecule has 0 fully saturated rings. The first kappa shape index (κ1) is 79.1. The zero-order valence-electron chi connectivity index (χ0n) is 69.4. The minimum absolute atomic E-state index is 0.603. The summed E-state index contributed by atoms with van der Waals surface area (Å²) in [6.45, 7) is 12.2. The maximum absolute atomic E-state index is 5.89. The number of rotatable bonds is 16. The van der Waals surface area contributed by atoms with Gasteiger partial charge in [-0.1, -0.05) is 13.0 Å². The first-order chi connectivity index (χ1) is 62.7. The van der Waals surface area contributed by atoms with Gasteiger partial charge >= 0.3 is 0 Å². The van der Waals surface area contributed by atoms with E-state index in [1.807, 2.05) is 118 Å². The van der Waals surface area contributed by atoms with Crippen LogP contribution in [0.25, 0.3) is 221 Å². The molecule has 24 aromatic heterocycles. The number of aromatic amines is 8. The molecule has 0 aliphatic carbocycles. The predicted molar refractivity (Wildman–Crippen MR) is 508 cm³/mol. The molecule has 31 nitrogen and oxygen atoms in total. The highest BCUT2D eigenvalue weighted by Crippen LogP contribution is 2.42. The van der Waals surface area contributed by atoms with Crippen LogP contribution in [0.3, 0.4) is 0 Å². The number of nitrogens with zero attached hydrogens (tertiary/aromatic N) is 21. The number of nitrogens with one attached hydrogen (secondary N) is 9. The largest absolute Gasteiger partial charge is 0.397 e. The number of nitrogen functional groups attached to an aromatic ring is 1. The Hall–Kier alpha value is -16.1. The SMILES string of the molecule is CCNCc1cncc(-c2cnc3n[nH]c(-c4nc5c(-c6ccc(C)s6)cncc5[nH]4)c3c2)c1.Cc1ccc(-c2cncc3[nH]c(-c4[nH]nc5ncc(-c6cccnc6)cc45)nc23)s1.Cc1ccc(-c2cncc3[nH]c(-c4[nH]nc5ncc(-c6cncc(N(C)C)c6)cc45)nc23)s1.Cc1ccc(-c2cncc3[nH]c(-c4[nH]nc5ncc(-c6cncc(N)c6)cc45)nc23)s1. The van der Waals surface area contributed by atoms with Gasteiger partial charge in [-0.3, -0.25) is 60.3 Å². The topological polar surface area (TPSA) is 425 Å². The number of fused-ring (bicyclic) bond motifs is 8. The summed E-state index contributed by atoms with van der Waals surface area (Å²) in [7, 11) is 4.00. The lowest BCUT2D eigenvalue weighted by molar-refractivity contribution is 0.724. The number of hydrogen-bond donors (Lipinski definition) is 10. The maximum atomic E-state index is 5.89. The average molecular weight is 1750 g/mol. The number of H-pyrrole nitrogens is 8. The third-order valence-corrected chi connectivity index (χ3v) is 25.7. The number of anilines is 2. The number of aryl methyl sites for hydroxylation is 4. The van der Waals surface area contributed by atoms with Crippen LogP contribution in [0, 0.1) is 27.7 Å². The van der Waals surface area contributed by atoms with Crippen LogP contribution in [0.15, 0.2) is 227 Å². The van der Waals surface area contributed by atoms with Crippen molar-refractivity contribution in [2.45, 2.75) is 41.2 Å². The van der Waals surface area contributed by atoms with E-state index < -0.39 is 0 Å². The van der Waals surface area contributed by atoms with Gasteiger partial charge in [0.2, 0.25) is 0 Å². The van der Waals surface area contributed by atoms with Crippen molar-refractivity contribution in [2.75, 3.05) is 31.3 Å². The van der Waals surface area contributed by atoms with Gasteiger partial charge in [-0.05, 0) is 137 Å². The number of thiophene rings is 4. The summed E-state index contributed by atoms with van der Waals surface area (Å²) in [4.78, 5) is 97.8. The quantitative estimate of drug-likeness (QED) is 0.0429. The fourth-order valence-corrected chi connectivity index (χ4v) is 18.7. The van der Waals surface area contributed by atoms with Crippen molar-refractivity contribution in [3.63, 3.8) is 0 Å². The van der Waals surface area contributed by atoms with Crippen LogP contribution in [-0.4, -0.2) is 161 Å². The molecule has 0 aromatic carbocycles. The van der Waals surface area contributed by atoms with Crippen molar-refractivity contribution in [1.82, 2.24) is 146 Å². The monoisotopic (exact) mass is 1750 g/mol. The van der Waals surface area contributed by atoms with Gasteiger partial charge in [0.05, 0.1) is 86.0 Å². The van der Waals surface area contributed by atoms with Crippen molar-refractivity contribution in [3.8, 4) is 132 Å². The second-order valence-corrected chi connectivity index (χ2v) is 35.7. The highest BCUT2D eigenvalue weighted by molar-refractivity contribution is 7.16. The van der Waals surface area contributed by atoms with Gasteiger partial charge in [-0.15, -0.1) is 45.3 Å². The van der Waals surface area contributed by atoms with Gasteiger partial charge in [0, 0.05) is 219 Å². The van der Waals surface area contributed by atoms with Crippen LogP contribution >= 0.6 is 45.3 Å². The van der Waals surface area contributed by atoms with Crippen molar-refractivity contribution in [2.24, 2.45) is 0 Å². The lowest BCUT2D eigenvalue weighted by atomic mass is 10.1. The molecule has 24 rings (SSSR count). The van der Waals surface area contributed by atoms with E-state index in [0.29, 0.717) is 51.6 Å². The molecule has 35 heteroatoms. The van der Waals surface area contributed by atoms with E-state index in [0.717, 1.165) is 199 Å². The Balaban J connectivity index is 0.000000104. The Bertz CT molecular complexity index is 8250. The first-order valence-electron chi connectivity index (χ1n) is 40.6. The van der Waals surface area contributed by atoms with Gasteiger partial charge in [-0.25, -0.2) is 39.9 Å². The number of nitrogens with two attached hydrogens (primary N) is 1. The molecule has 24 heterocycles. The molecule has 0 aliphatic rings. The molecule has 0 atom stereocenters. The molecule has 0 radical (unpaired) electrons. The number of aromatic nitrogens is 28. The van der Waals surface area contributed by atoms with Gasteiger partial charge in [0.15, 0.2) is 45.9 Å². The third kappa shape index (κ3) is 15.5. The summed E-state index contributed by atoms with van der Waals surface area (Å²) in [5, 5.41) is 36.8. The molecular weight excluding hydrogens is 1680 g/mol. The molecule has 0 unspecified atom stereocenters. The smallest absolute Gasteiger partial charge is 0.181 e. The first-order valence-corrected chi connectivity index (χ1v) is 43.8. The van der Waals surface area contributed by atoms with Gasteiger partial charge in [0.1, 0.15) is 44.8 Å². The van der Waals surface area contributed by atoms with Crippen LogP contribution < -0.4 is 16.0 Å². The average Bonchev–Trinajstić information content (AvgIpc) is 1.62. The van der Waals surface area contributed by atoms with E-state index in [-0.39, 0.29) is 0 Å². The molecule has 0 amide bonds. The summed E-state index contributed by atoms with van der Waals surface area (Å²) in [6, 6.07) is 35.2. The summed E-state index contributed by atoms with van der Waals surface area (Å²) >= 11 is 6.93. The molecule has 128 heavy (non-hydrogen) atoms. The lowest BCUT2D eigenvalue weighted by Gasteiger charge is -2.12. The highest BCUT2D eigenvalue weighted by Gasteiger charge is 2.24. The summed E-state index contributed by atoms with van der Waals surface area (Å²) < 4.78 is 0. The van der Waals surface area contributed by atoms with Crippen LogP contribution in [-0.2, 0) is 6.54 Å². The van der Waals surface area contributed by atoms with Crippen molar-refractivity contribution >= 4 is 145 Å². The van der Waals surface area contributed by atoms with Crippen molar-refractivity contribution in [1.29, 1.82) is 0 Å². The molecular formula is C93H73N31S4. The van der Waals surface area contributed by atoms with Crippen LogP contribution in [0.4, 0.5) is 11.4 Å².